The Morgan fingerprint density at radius 1 is 1.32 bits per heavy atom. The quantitative estimate of drug-likeness (QED) is 0.935. The Hall–Kier alpha value is -2.31. The number of aromatic nitrogens is 2. The van der Waals surface area contributed by atoms with Gasteiger partial charge < -0.3 is 10.2 Å². The first-order valence-corrected chi connectivity index (χ1v) is 7.09. The van der Waals surface area contributed by atoms with E-state index >= 15 is 0 Å². The van der Waals surface area contributed by atoms with E-state index in [0.29, 0.717) is 13.1 Å². The third-order valence-corrected chi connectivity index (χ3v) is 3.70. The normalized spacial score (nSPS) is 15.2. The van der Waals surface area contributed by atoms with Gasteiger partial charge in [-0.05, 0) is 19.1 Å². The van der Waals surface area contributed by atoms with Crippen LogP contribution in [0.15, 0.2) is 24.3 Å². The first-order chi connectivity index (χ1) is 10.5. The summed E-state index contributed by atoms with van der Waals surface area (Å²) in [4.78, 5) is 22.7. The lowest BCUT2D eigenvalue weighted by molar-refractivity contribution is -0.126. The fourth-order valence-electron chi connectivity index (χ4n) is 2.52. The van der Waals surface area contributed by atoms with Crippen LogP contribution < -0.4 is 10.2 Å². The number of nitrogens with zero attached hydrogens (tertiary/aromatic N) is 3. The van der Waals surface area contributed by atoms with Crippen molar-refractivity contribution in [2.75, 3.05) is 24.5 Å². The number of amides is 1. The fraction of sp³-hybridized carbons (Fsp3) is 0.400. The van der Waals surface area contributed by atoms with Gasteiger partial charge in [-0.1, -0.05) is 12.1 Å². The molecule has 1 N–H and O–H groups in total. The van der Waals surface area contributed by atoms with Crippen molar-refractivity contribution >= 4 is 22.8 Å². The Labute approximate surface area is 126 Å². The lowest BCUT2D eigenvalue weighted by atomic mass is 9.99. The second-order valence-corrected chi connectivity index (χ2v) is 5.36. The van der Waals surface area contributed by atoms with Crippen LogP contribution in [-0.4, -0.2) is 41.9 Å². The SMILES string of the molecule is Cc1nc2ccccc2nc1N1CC(C(=O)NCC(F)F)C1. The molecule has 2 aromatic rings. The van der Waals surface area contributed by atoms with Gasteiger partial charge in [-0.25, -0.2) is 18.7 Å². The second-order valence-electron chi connectivity index (χ2n) is 5.36. The predicted octanol–water partition coefficient (Wildman–Crippen LogP) is 1.76. The number of hydrogen-bond donors (Lipinski definition) is 1. The molecule has 5 nitrogen and oxygen atoms in total. The molecular weight excluding hydrogens is 290 g/mol. The maximum atomic E-state index is 12.1. The van der Waals surface area contributed by atoms with E-state index in [1.54, 1.807) is 0 Å². The van der Waals surface area contributed by atoms with E-state index in [1.165, 1.54) is 0 Å². The largest absolute Gasteiger partial charge is 0.353 e. The van der Waals surface area contributed by atoms with Gasteiger partial charge in [-0.15, -0.1) is 0 Å². The molecule has 0 unspecified atom stereocenters. The molecule has 0 atom stereocenters. The minimum atomic E-state index is -2.52. The van der Waals surface area contributed by atoms with Crippen molar-refractivity contribution < 1.29 is 13.6 Å². The second kappa shape index (κ2) is 5.82. The molecule has 0 saturated carbocycles. The number of nitrogens with one attached hydrogen (secondary N) is 1. The number of para-hydroxylation sites is 2. The maximum Gasteiger partial charge on any atom is 0.255 e. The van der Waals surface area contributed by atoms with Crippen molar-refractivity contribution in [1.29, 1.82) is 0 Å². The van der Waals surface area contributed by atoms with Crippen LogP contribution in [0, 0.1) is 12.8 Å². The van der Waals surface area contributed by atoms with Crippen molar-refractivity contribution in [2.24, 2.45) is 5.92 Å². The molecule has 1 saturated heterocycles. The average Bonchev–Trinajstić information content (AvgIpc) is 2.44. The number of carbonyl (C=O) groups is 1. The highest BCUT2D eigenvalue weighted by molar-refractivity contribution is 5.82. The van der Waals surface area contributed by atoms with Crippen molar-refractivity contribution in [3.8, 4) is 0 Å². The third kappa shape index (κ3) is 2.84. The number of benzene rings is 1. The molecule has 1 aliphatic heterocycles. The highest BCUT2D eigenvalue weighted by Gasteiger charge is 2.34. The number of hydrogen-bond acceptors (Lipinski definition) is 4. The number of carbonyl (C=O) groups excluding carboxylic acids is 1. The summed E-state index contributed by atoms with van der Waals surface area (Å²) in [7, 11) is 0. The Morgan fingerprint density at radius 2 is 1.95 bits per heavy atom. The first kappa shape index (κ1) is 14.6. The molecule has 116 valence electrons. The Kier molecular flexibility index (Phi) is 3.87. The minimum absolute atomic E-state index is 0.272. The number of alkyl halides is 2. The zero-order valence-electron chi connectivity index (χ0n) is 12.1. The molecule has 7 heteroatoms. The van der Waals surface area contributed by atoms with Crippen LogP contribution in [0.2, 0.25) is 0 Å². The van der Waals surface area contributed by atoms with E-state index in [-0.39, 0.29) is 11.8 Å². The topological polar surface area (TPSA) is 58.1 Å². The summed E-state index contributed by atoms with van der Waals surface area (Å²) >= 11 is 0. The molecule has 1 amide bonds. The van der Waals surface area contributed by atoms with Crippen LogP contribution in [0.25, 0.3) is 11.0 Å². The molecule has 3 rings (SSSR count). The summed E-state index contributed by atoms with van der Waals surface area (Å²) in [5, 5.41) is 2.25. The van der Waals surface area contributed by atoms with Gasteiger partial charge in [-0.2, -0.15) is 0 Å². The van der Waals surface area contributed by atoms with Gasteiger partial charge in [0.15, 0.2) is 5.82 Å². The molecule has 1 fully saturated rings. The van der Waals surface area contributed by atoms with Gasteiger partial charge in [0.2, 0.25) is 5.91 Å². The van der Waals surface area contributed by atoms with Crippen molar-refractivity contribution in [3.63, 3.8) is 0 Å². The summed E-state index contributed by atoms with van der Waals surface area (Å²) in [5.74, 6) is 0.144. The van der Waals surface area contributed by atoms with Gasteiger partial charge >= 0.3 is 0 Å². The molecule has 1 aliphatic rings. The molecule has 0 radical (unpaired) electrons. The summed E-state index contributed by atoms with van der Waals surface area (Å²) < 4.78 is 24.2. The smallest absolute Gasteiger partial charge is 0.255 e. The fourth-order valence-corrected chi connectivity index (χ4v) is 2.52. The Balaban J connectivity index is 1.67. The number of rotatable bonds is 4. The average molecular weight is 306 g/mol. The summed E-state index contributed by atoms with van der Waals surface area (Å²) in [6.07, 6.45) is -2.52. The van der Waals surface area contributed by atoms with Crippen LogP contribution in [0.1, 0.15) is 5.69 Å². The van der Waals surface area contributed by atoms with Gasteiger partial charge in [0, 0.05) is 13.1 Å². The van der Waals surface area contributed by atoms with E-state index in [9.17, 15) is 13.6 Å². The molecule has 0 aliphatic carbocycles. The van der Waals surface area contributed by atoms with Crippen molar-refractivity contribution in [3.05, 3.63) is 30.0 Å². The zero-order chi connectivity index (χ0) is 15.7. The Bertz CT molecular complexity index is 701. The lowest BCUT2D eigenvalue weighted by Crippen LogP contribution is -2.54. The summed E-state index contributed by atoms with van der Waals surface area (Å²) in [5.41, 5.74) is 2.43. The van der Waals surface area contributed by atoms with Crippen LogP contribution >= 0.6 is 0 Å². The van der Waals surface area contributed by atoms with Crippen molar-refractivity contribution in [1.82, 2.24) is 15.3 Å². The predicted molar refractivity (Wildman–Crippen MR) is 79.0 cm³/mol. The number of fused-ring (bicyclic) bond motifs is 1. The molecular formula is C15H16F2N4O. The summed E-state index contributed by atoms with van der Waals surface area (Å²) in [6.45, 7) is 2.23. The molecule has 0 bridgehead atoms. The van der Waals surface area contributed by atoms with Gasteiger partial charge in [0.1, 0.15) is 0 Å². The first-order valence-electron chi connectivity index (χ1n) is 7.09. The molecule has 22 heavy (non-hydrogen) atoms. The van der Waals surface area contributed by atoms with Gasteiger partial charge in [0.05, 0.1) is 29.2 Å². The standard InChI is InChI=1S/C15H16F2N4O/c1-9-14(20-12-5-3-2-4-11(12)19-9)21-7-10(8-21)15(22)18-6-13(16)17/h2-5,10,13H,6-8H2,1H3,(H,18,22). The molecule has 1 aromatic carbocycles. The highest BCUT2D eigenvalue weighted by atomic mass is 19.3. The lowest BCUT2D eigenvalue weighted by Gasteiger charge is -2.39. The highest BCUT2D eigenvalue weighted by Crippen LogP contribution is 2.26. The van der Waals surface area contributed by atoms with E-state index in [1.807, 2.05) is 36.1 Å². The molecule has 1 aromatic heterocycles. The van der Waals surface area contributed by atoms with Crippen molar-refractivity contribution in [2.45, 2.75) is 13.3 Å². The van der Waals surface area contributed by atoms with E-state index in [4.69, 9.17) is 0 Å². The maximum absolute atomic E-state index is 12.1. The van der Waals surface area contributed by atoms with Gasteiger partial charge in [-0.3, -0.25) is 4.79 Å². The van der Waals surface area contributed by atoms with Gasteiger partial charge in [0.25, 0.3) is 6.43 Å². The zero-order valence-corrected chi connectivity index (χ0v) is 12.1. The monoisotopic (exact) mass is 306 g/mol. The van der Waals surface area contributed by atoms with Crippen LogP contribution in [0.3, 0.4) is 0 Å². The van der Waals surface area contributed by atoms with Crippen LogP contribution in [-0.2, 0) is 4.79 Å². The number of halogens is 2. The van der Waals surface area contributed by atoms with Crippen LogP contribution in [0.5, 0.6) is 0 Å². The Morgan fingerprint density at radius 3 is 2.59 bits per heavy atom. The van der Waals surface area contributed by atoms with E-state index in [2.05, 4.69) is 15.3 Å². The number of aryl methyl sites for hydroxylation is 1. The summed E-state index contributed by atoms with van der Waals surface area (Å²) in [6, 6.07) is 7.59. The third-order valence-electron chi connectivity index (χ3n) is 3.70. The minimum Gasteiger partial charge on any atom is -0.353 e. The number of anilines is 1. The molecule has 0 spiro atoms. The van der Waals surface area contributed by atoms with E-state index < -0.39 is 13.0 Å². The van der Waals surface area contributed by atoms with Crippen LogP contribution in [0.4, 0.5) is 14.6 Å². The molecule has 2 heterocycles. The van der Waals surface area contributed by atoms with E-state index in [0.717, 1.165) is 22.5 Å².